The van der Waals surface area contributed by atoms with Crippen molar-refractivity contribution in [2.75, 3.05) is 43.9 Å². The lowest BCUT2D eigenvalue weighted by Gasteiger charge is -2.36. The van der Waals surface area contributed by atoms with Gasteiger partial charge in [-0.1, -0.05) is 18.2 Å². The smallest absolute Gasteiger partial charge is 0.232 e. The molecule has 0 saturated carbocycles. The Labute approximate surface area is 187 Å². The number of aryl methyl sites for hydroxylation is 1. The van der Waals surface area contributed by atoms with Crippen LogP contribution in [0, 0.1) is 6.92 Å². The van der Waals surface area contributed by atoms with Gasteiger partial charge in [-0.05, 0) is 43.3 Å². The molecule has 3 aromatic rings. The Hall–Kier alpha value is -2.93. The number of oxazole rings is 1. The lowest BCUT2D eigenvalue weighted by Crippen LogP contribution is -2.49. The zero-order valence-corrected chi connectivity index (χ0v) is 18.7. The van der Waals surface area contributed by atoms with Crippen LogP contribution >= 0.6 is 11.8 Å². The van der Waals surface area contributed by atoms with Crippen LogP contribution < -0.4 is 9.64 Å². The molecule has 162 valence electrons. The average Bonchev–Trinajstić information content (AvgIpc) is 3.20. The molecule has 4 rings (SSSR count). The van der Waals surface area contributed by atoms with E-state index in [1.807, 2.05) is 42.2 Å². The van der Waals surface area contributed by atoms with Crippen molar-refractivity contribution >= 4 is 23.4 Å². The van der Waals surface area contributed by atoms with Crippen molar-refractivity contribution in [3.63, 3.8) is 0 Å². The minimum Gasteiger partial charge on any atom is -0.497 e. The number of aromatic nitrogens is 1. The maximum Gasteiger partial charge on any atom is 0.232 e. The standard InChI is InChI=1S/C24H27N3O3S/c1-18-22(25-24(30-18)19-8-10-21(29-2)11-9-19)16-31-17-23(28)27-14-12-26(13-15-27)20-6-4-3-5-7-20/h3-11H,12-17H2,1-2H3. The first-order valence-corrected chi connectivity index (χ1v) is 11.6. The number of carbonyl (C=O) groups is 1. The Morgan fingerprint density at radius 1 is 1.06 bits per heavy atom. The van der Waals surface area contributed by atoms with Gasteiger partial charge in [0.15, 0.2) is 0 Å². The van der Waals surface area contributed by atoms with Crippen LogP contribution in [0.3, 0.4) is 0 Å². The highest BCUT2D eigenvalue weighted by Gasteiger charge is 2.21. The van der Waals surface area contributed by atoms with Crippen molar-refractivity contribution in [1.29, 1.82) is 0 Å². The third-order valence-electron chi connectivity index (χ3n) is 5.45. The zero-order valence-electron chi connectivity index (χ0n) is 17.9. The second-order valence-electron chi connectivity index (χ2n) is 7.45. The lowest BCUT2D eigenvalue weighted by atomic mass is 10.2. The van der Waals surface area contributed by atoms with Gasteiger partial charge < -0.3 is 19.0 Å². The van der Waals surface area contributed by atoms with E-state index in [9.17, 15) is 4.79 Å². The number of anilines is 1. The molecule has 0 radical (unpaired) electrons. The number of ether oxygens (including phenoxy) is 1. The first-order valence-electron chi connectivity index (χ1n) is 10.4. The number of nitrogens with zero attached hydrogens (tertiary/aromatic N) is 3. The van der Waals surface area contributed by atoms with Crippen LogP contribution in [0.4, 0.5) is 5.69 Å². The largest absolute Gasteiger partial charge is 0.497 e. The van der Waals surface area contributed by atoms with Gasteiger partial charge in [-0.25, -0.2) is 4.98 Å². The normalized spacial score (nSPS) is 14.0. The molecule has 1 aliphatic rings. The van der Waals surface area contributed by atoms with Crippen molar-refractivity contribution in [2.45, 2.75) is 12.7 Å². The van der Waals surface area contributed by atoms with Gasteiger partial charge in [0.25, 0.3) is 0 Å². The number of amides is 1. The summed E-state index contributed by atoms with van der Waals surface area (Å²) in [6, 6.07) is 18.0. The molecule has 2 aromatic carbocycles. The molecule has 0 atom stereocenters. The van der Waals surface area contributed by atoms with E-state index in [0.29, 0.717) is 17.4 Å². The molecule has 1 aromatic heterocycles. The minimum absolute atomic E-state index is 0.189. The molecule has 1 aliphatic heterocycles. The number of para-hydroxylation sites is 1. The van der Waals surface area contributed by atoms with Crippen LogP contribution in [0.2, 0.25) is 0 Å². The van der Waals surface area contributed by atoms with Gasteiger partial charge in [0, 0.05) is 43.2 Å². The Morgan fingerprint density at radius 3 is 2.45 bits per heavy atom. The van der Waals surface area contributed by atoms with Crippen LogP contribution in [-0.2, 0) is 10.5 Å². The summed E-state index contributed by atoms with van der Waals surface area (Å²) in [5.41, 5.74) is 3.02. The molecule has 2 heterocycles. The Kier molecular flexibility index (Phi) is 6.82. The van der Waals surface area contributed by atoms with Crippen molar-refractivity contribution in [2.24, 2.45) is 0 Å². The summed E-state index contributed by atoms with van der Waals surface area (Å²) in [5.74, 6) is 3.48. The molecule has 6 nitrogen and oxygen atoms in total. The fourth-order valence-electron chi connectivity index (χ4n) is 3.60. The van der Waals surface area contributed by atoms with Gasteiger partial charge in [0.2, 0.25) is 11.8 Å². The minimum atomic E-state index is 0.189. The van der Waals surface area contributed by atoms with E-state index in [1.54, 1.807) is 18.9 Å². The Bertz CT molecular complexity index is 997. The number of methoxy groups -OCH3 is 1. The summed E-state index contributed by atoms with van der Waals surface area (Å²) in [5, 5.41) is 0. The van der Waals surface area contributed by atoms with Crippen molar-refractivity contribution in [1.82, 2.24) is 9.88 Å². The van der Waals surface area contributed by atoms with Gasteiger partial charge in [-0.15, -0.1) is 11.8 Å². The van der Waals surface area contributed by atoms with Crippen molar-refractivity contribution in [3.8, 4) is 17.2 Å². The molecule has 0 spiro atoms. The number of hydrogen-bond acceptors (Lipinski definition) is 6. The van der Waals surface area contributed by atoms with E-state index < -0.39 is 0 Å². The summed E-state index contributed by atoms with van der Waals surface area (Å²) in [7, 11) is 1.64. The summed E-state index contributed by atoms with van der Waals surface area (Å²) in [6.45, 7) is 5.18. The summed E-state index contributed by atoms with van der Waals surface area (Å²) in [6.07, 6.45) is 0. The fraction of sp³-hybridized carbons (Fsp3) is 0.333. The molecule has 31 heavy (non-hydrogen) atoms. The molecule has 0 bridgehead atoms. The van der Waals surface area contributed by atoms with Crippen LogP contribution in [0.1, 0.15) is 11.5 Å². The number of piperazine rings is 1. The van der Waals surface area contributed by atoms with Crippen molar-refractivity contribution in [3.05, 3.63) is 66.1 Å². The lowest BCUT2D eigenvalue weighted by molar-refractivity contribution is -0.128. The maximum atomic E-state index is 12.6. The second kappa shape index (κ2) is 9.92. The second-order valence-corrected chi connectivity index (χ2v) is 8.43. The predicted octanol–water partition coefficient (Wildman–Crippen LogP) is 4.24. The highest BCUT2D eigenvalue weighted by atomic mass is 32.2. The predicted molar refractivity (Wildman–Crippen MR) is 125 cm³/mol. The molecule has 0 N–H and O–H groups in total. The van der Waals surface area contributed by atoms with Crippen LogP contribution in [0.15, 0.2) is 59.0 Å². The highest BCUT2D eigenvalue weighted by Crippen LogP contribution is 2.26. The van der Waals surface area contributed by atoms with E-state index in [1.165, 1.54) is 5.69 Å². The summed E-state index contributed by atoms with van der Waals surface area (Å²) in [4.78, 5) is 21.6. The molecule has 1 fully saturated rings. The summed E-state index contributed by atoms with van der Waals surface area (Å²) < 4.78 is 11.0. The Morgan fingerprint density at radius 2 is 1.77 bits per heavy atom. The SMILES string of the molecule is COc1ccc(-c2nc(CSCC(=O)N3CCN(c4ccccc4)CC3)c(C)o2)cc1. The van der Waals surface area contributed by atoms with E-state index in [2.05, 4.69) is 34.1 Å². The van der Waals surface area contributed by atoms with E-state index in [0.717, 1.165) is 48.9 Å². The molecular weight excluding hydrogens is 410 g/mol. The monoisotopic (exact) mass is 437 g/mol. The van der Waals surface area contributed by atoms with Crippen LogP contribution in [0.5, 0.6) is 5.75 Å². The first kappa shape index (κ1) is 21.3. The van der Waals surface area contributed by atoms with Crippen LogP contribution in [-0.4, -0.2) is 54.8 Å². The Balaban J connectivity index is 1.26. The molecule has 1 saturated heterocycles. The van der Waals surface area contributed by atoms with Crippen molar-refractivity contribution < 1.29 is 13.9 Å². The van der Waals surface area contributed by atoms with E-state index in [4.69, 9.17) is 9.15 Å². The molecule has 0 unspecified atom stereocenters. The van der Waals surface area contributed by atoms with Gasteiger partial charge in [0.1, 0.15) is 11.5 Å². The molecule has 7 heteroatoms. The molecule has 0 aliphatic carbocycles. The third kappa shape index (κ3) is 5.22. The number of hydrogen-bond donors (Lipinski definition) is 0. The quantitative estimate of drug-likeness (QED) is 0.551. The number of benzene rings is 2. The molecule has 1 amide bonds. The van der Waals surface area contributed by atoms with E-state index in [-0.39, 0.29) is 5.91 Å². The number of rotatable bonds is 7. The van der Waals surface area contributed by atoms with Gasteiger partial charge in [0.05, 0.1) is 18.6 Å². The fourth-order valence-corrected chi connectivity index (χ4v) is 4.52. The number of thioether (sulfide) groups is 1. The maximum absolute atomic E-state index is 12.6. The number of carbonyl (C=O) groups excluding carboxylic acids is 1. The first-order chi connectivity index (χ1) is 15.1. The van der Waals surface area contributed by atoms with E-state index >= 15 is 0 Å². The topological polar surface area (TPSA) is 58.8 Å². The molecular formula is C24H27N3O3S. The van der Waals surface area contributed by atoms with Gasteiger partial charge in [-0.3, -0.25) is 4.79 Å². The zero-order chi connectivity index (χ0) is 21.6. The average molecular weight is 438 g/mol. The van der Waals surface area contributed by atoms with Crippen LogP contribution in [0.25, 0.3) is 11.5 Å². The van der Waals surface area contributed by atoms with Gasteiger partial charge >= 0.3 is 0 Å². The summed E-state index contributed by atoms with van der Waals surface area (Å²) >= 11 is 1.59. The van der Waals surface area contributed by atoms with Gasteiger partial charge in [-0.2, -0.15) is 0 Å². The highest BCUT2D eigenvalue weighted by molar-refractivity contribution is 7.99. The third-order valence-corrected chi connectivity index (χ3v) is 6.38.